The molecule has 38 heavy (non-hydrogen) atoms. The molecular weight excluding hydrogens is 496 g/mol. The summed E-state index contributed by atoms with van der Waals surface area (Å²) in [7, 11) is 0. The van der Waals surface area contributed by atoms with Crippen LogP contribution in [0.2, 0.25) is 5.02 Å². The molecule has 1 N–H and O–H groups in total. The number of aliphatic carboxylic acids is 1. The summed E-state index contributed by atoms with van der Waals surface area (Å²) < 4.78 is 5.52. The number of halogens is 1. The van der Waals surface area contributed by atoms with Crippen molar-refractivity contribution in [3.05, 3.63) is 106 Å². The maximum Gasteiger partial charge on any atom is 0.328 e. The summed E-state index contributed by atoms with van der Waals surface area (Å²) in [5.41, 5.74) is 7.93. The van der Waals surface area contributed by atoms with Gasteiger partial charge in [-0.2, -0.15) is 5.26 Å². The van der Waals surface area contributed by atoms with Gasteiger partial charge in [0.2, 0.25) is 0 Å². The van der Waals surface area contributed by atoms with E-state index in [-0.39, 0.29) is 0 Å². The molecule has 0 bridgehead atoms. The Hall–Kier alpha value is -3.85. The van der Waals surface area contributed by atoms with Crippen LogP contribution in [0.3, 0.4) is 0 Å². The van der Waals surface area contributed by atoms with E-state index >= 15 is 0 Å². The monoisotopic (exact) mass is 524 g/mol. The van der Waals surface area contributed by atoms with Gasteiger partial charge in [0.25, 0.3) is 0 Å². The zero-order valence-electron chi connectivity index (χ0n) is 21.1. The van der Waals surface area contributed by atoms with Gasteiger partial charge < -0.3 is 14.7 Å². The standard InChI is InChI=1S/C32H29ClN2O3/c33-29-20-23(21-34)6-14-28(29)32(24-2-1-3-24)31(25-8-4-22(5-9-25)7-15-30(36)37)26-10-12-27(13-11-26)35-16-18-38-19-17-35/h4-15,20,24H,1-3,16-19H2,(H,36,37)/b15-7+,32-31+. The van der Waals surface area contributed by atoms with Gasteiger partial charge in [-0.05, 0) is 82.5 Å². The maximum absolute atomic E-state index is 11.0. The molecule has 1 aliphatic carbocycles. The van der Waals surface area contributed by atoms with Gasteiger partial charge in [-0.15, -0.1) is 0 Å². The quantitative estimate of drug-likeness (QED) is 0.268. The van der Waals surface area contributed by atoms with Crippen molar-refractivity contribution < 1.29 is 14.6 Å². The minimum atomic E-state index is -0.974. The van der Waals surface area contributed by atoms with Crippen LogP contribution in [-0.2, 0) is 9.53 Å². The first-order valence-electron chi connectivity index (χ1n) is 12.9. The summed E-state index contributed by atoms with van der Waals surface area (Å²) in [4.78, 5) is 13.3. The number of nitriles is 1. The number of nitrogens with zero attached hydrogens (tertiary/aromatic N) is 2. The molecule has 2 fully saturated rings. The fraction of sp³-hybridized carbons (Fsp3) is 0.250. The van der Waals surface area contributed by atoms with Gasteiger partial charge in [0.05, 0.1) is 24.8 Å². The highest BCUT2D eigenvalue weighted by Gasteiger charge is 2.28. The smallest absolute Gasteiger partial charge is 0.328 e. The number of rotatable bonds is 7. The Morgan fingerprint density at radius 2 is 1.66 bits per heavy atom. The van der Waals surface area contributed by atoms with Crippen LogP contribution in [0.1, 0.15) is 47.1 Å². The number of morpholine rings is 1. The van der Waals surface area contributed by atoms with Crippen molar-refractivity contribution in [2.75, 3.05) is 31.2 Å². The third-order valence-electron chi connectivity index (χ3n) is 7.32. The van der Waals surface area contributed by atoms with Crippen molar-refractivity contribution in [1.29, 1.82) is 5.26 Å². The van der Waals surface area contributed by atoms with E-state index in [4.69, 9.17) is 21.4 Å². The van der Waals surface area contributed by atoms with Gasteiger partial charge in [0.15, 0.2) is 0 Å². The fourth-order valence-corrected chi connectivity index (χ4v) is 5.41. The predicted molar refractivity (Wildman–Crippen MR) is 152 cm³/mol. The zero-order valence-corrected chi connectivity index (χ0v) is 21.8. The molecule has 1 heterocycles. The van der Waals surface area contributed by atoms with Crippen LogP contribution < -0.4 is 4.90 Å². The SMILES string of the molecule is N#Cc1ccc(/C(=C(\c2ccc(/C=C/C(=O)O)cc2)c2ccc(N3CCOCC3)cc2)C2CCC2)c(Cl)c1. The number of anilines is 1. The average Bonchev–Trinajstić information content (AvgIpc) is 2.92. The lowest BCUT2D eigenvalue weighted by atomic mass is 9.73. The normalized spacial score (nSPS) is 16.6. The van der Waals surface area contributed by atoms with Crippen molar-refractivity contribution in [3.63, 3.8) is 0 Å². The summed E-state index contributed by atoms with van der Waals surface area (Å²) in [5, 5.41) is 19.0. The van der Waals surface area contributed by atoms with E-state index in [2.05, 4.69) is 35.2 Å². The molecule has 1 aliphatic heterocycles. The Morgan fingerprint density at radius 1 is 1.00 bits per heavy atom. The van der Waals surface area contributed by atoms with E-state index in [0.29, 0.717) is 16.5 Å². The first kappa shape index (κ1) is 25.8. The summed E-state index contributed by atoms with van der Waals surface area (Å²) in [5.74, 6) is -0.612. The highest BCUT2D eigenvalue weighted by molar-refractivity contribution is 6.33. The van der Waals surface area contributed by atoms with E-state index in [1.54, 1.807) is 12.1 Å². The van der Waals surface area contributed by atoms with Crippen molar-refractivity contribution in [2.24, 2.45) is 5.92 Å². The zero-order chi connectivity index (χ0) is 26.5. The molecule has 3 aromatic carbocycles. The molecule has 0 atom stereocenters. The van der Waals surface area contributed by atoms with Gasteiger partial charge in [0, 0.05) is 29.9 Å². The number of carbonyl (C=O) groups is 1. The van der Waals surface area contributed by atoms with Crippen molar-refractivity contribution in [1.82, 2.24) is 0 Å². The van der Waals surface area contributed by atoms with Crippen LogP contribution in [0.4, 0.5) is 5.69 Å². The van der Waals surface area contributed by atoms with Gasteiger partial charge in [-0.25, -0.2) is 4.79 Å². The van der Waals surface area contributed by atoms with Crippen molar-refractivity contribution in [3.8, 4) is 6.07 Å². The van der Waals surface area contributed by atoms with Crippen LogP contribution in [0.15, 0.2) is 72.8 Å². The van der Waals surface area contributed by atoms with Crippen LogP contribution >= 0.6 is 11.6 Å². The van der Waals surface area contributed by atoms with Crippen molar-refractivity contribution in [2.45, 2.75) is 19.3 Å². The third-order valence-corrected chi connectivity index (χ3v) is 7.63. The minimum Gasteiger partial charge on any atom is -0.478 e. The van der Waals surface area contributed by atoms with Crippen molar-refractivity contribution >= 4 is 40.5 Å². The fourth-order valence-electron chi connectivity index (χ4n) is 5.13. The molecule has 0 spiro atoms. The highest BCUT2D eigenvalue weighted by atomic mass is 35.5. The van der Waals surface area contributed by atoms with Gasteiger partial charge in [-0.3, -0.25) is 0 Å². The first-order chi connectivity index (χ1) is 18.5. The number of hydrogen-bond acceptors (Lipinski definition) is 4. The van der Waals surface area contributed by atoms with Gasteiger partial charge in [-0.1, -0.05) is 60.5 Å². The number of benzene rings is 3. The van der Waals surface area contributed by atoms with Crippen LogP contribution in [0.25, 0.3) is 17.2 Å². The van der Waals surface area contributed by atoms with E-state index in [1.165, 1.54) is 17.7 Å². The first-order valence-corrected chi connectivity index (χ1v) is 13.3. The predicted octanol–water partition coefficient (Wildman–Crippen LogP) is 6.91. The lowest BCUT2D eigenvalue weighted by Crippen LogP contribution is -2.36. The number of allylic oxidation sites excluding steroid dienone is 1. The van der Waals surface area contributed by atoms with E-state index < -0.39 is 5.97 Å². The largest absolute Gasteiger partial charge is 0.478 e. The third kappa shape index (κ3) is 5.67. The maximum atomic E-state index is 11.0. The topological polar surface area (TPSA) is 73.6 Å². The molecule has 0 radical (unpaired) electrons. The Kier molecular flexibility index (Phi) is 7.93. The molecule has 0 unspecified atom stereocenters. The van der Waals surface area contributed by atoms with Crippen LogP contribution in [-0.4, -0.2) is 37.4 Å². The van der Waals surface area contributed by atoms with E-state index in [9.17, 15) is 10.1 Å². The summed E-state index contributed by atoms with van der Waals surface area (Å²) in [6, 6.07) is 24.4. The molecule has 6 heteroatoms. The molecule has 5 rings (SSSR count). The van der Waals surface area contributed by atoms with Gasteiger partial charge in [0.1, 0.15) is 0 Å². The molecule has 1 saturated heterocycles. The molecule has 1 saturated carbocycles. The number of carboxylic acid groups (broad SMARTS) is 1. The molecular formula is C32H29ClN2O3. The molecule has 0 amide bonds. The number of ether oxygens (including phenoxy) is 1. The van der Waals surface area contributed by atoms with E-state index in [1.807, 2.05) is 36.4 Å². The second kappa shape index (κ2) is 11.7. The number of carboxylic acids is 1. The summed E-state index contributed by atoms with van der Waals surface area (Å²) >= 11 is 6.80. The number of hydrogen-bond donors (Lipinski definition) is 1. The second-order valence-electron chi connectivity index (χ2n) is 9.66. The lowest BCUT2D eigenvalue weighted by molar-refractivity contribution is -0.131. The van der Waals surface area contributed by atoms with Crippen LogP contribution in [0, 0.1) is 17.2 Å². The Labute approximate surface area is 228 Å². The minimum absolute atomic E-state index is 0.362. The average molecular weight is 525 g/mol. The second-order valence-corrected chi connectivity index (χ2v) is 10.1. The van der Waals surface area contributed by atoms with Gasteiger partial charge >= 0.3 is 5.97 Å². The Balaban J connectivity index is 1.65. The van der Waals surface area contributed by atoms with E-state index in [0.717, 1.165) is 73.0 Å². The highest BCUT2D eigenvalue weighted by Crippen LogP contribution is 2.47. The Bertz CT molecular complexity index is 1410. The molecule has 3 aromatic rings. The molecule has 2 aliphatic rings. The molecule has 192 valence electrons. The Morgan fingerprint density at radius 3 is 2.21 bits per heavy atom. The van der Waals surface area contributed by atoms with Crippen LogP contribution in [0.5, 0.6) is 0 Å². The summed E-state index contributed by atoms with van der Waals surface area (Å²) in [6.07, 6.45) is 6.08. The lowest BCUT2D eigenvalue weighted by Gasteiger charge is -2.32. The molecule has 5 nitrogen and oxygen atoms in total. The summed E-state index contributed by atoms with van der Waals surface area (Å²) in [6.45, 7) is 3.22. The molecule has 0 aromatic heterocycles.